The molecule has 0 atom stereocenters. The number of nitrogens with one attached hydrogen (secondary N) is 1. The van der Waals surface area contributed by atoms with Gasteiger partial charge < -0.3 is 14.8 Å². The Morgan fingerprint density at radius 1 is 1.16 bits per heavy atom. The lowest BCUT2D eigenvalue weighted by atomic mass is 9.38. The highest BCUT2D eigenvalue weighted by Crippen LogP contribution is 2.69. The van der Waals surface area contributed by atoms with Crippen molar-refractivity contribution in [3.05, 3.63) is 53.1 Å². The van der Waals surface area contributed by atoms with Crippen molar-refractivity contribution in [2.75, 3.05) is 6.61 Å². The summed E-state index contributed by atoms with van der Waals surface area (Å²) in [5, 5.41) is 2.88. The molecule has 5 rings (SSSR count). The van der Waals surface area contributed by atoms with Gasteiger partial charge in [0.1, 0.15) is 23.0 Å². The number of ketones is 1. The summed E-state index contributed by atoms with van der Waals surface area (Å²) < 4.78 is 47.7. The predicted molar refractivity (Wildman–Crippen MR) is 104 cm³/mol. The van der Waals surface area contributed by atoms with Crippen LogP contribution in [0.3, 0.4) is 0 Å². The third kappa shape index (κ3) is 4.61. The molecule has 3 aliphatic rings. The highest BCUT2D eigenvalue weighted by atomic mass is 35.5. The average molecular weight is 455 g/mol. The van der Waals surface area contributed by atoms with Crippen LogP contribution < -0.4 is 14.8 Å². The molecule has 0 aliphatic heterocycles. The molecule has 3 fully saturated rings. The summed E-state index contributed by atoms with van der Waals surface area (Å²) in [5.74, 6) is -1.15. The molecule has 10 heteroatoms. The number of aromatic nitrogens is 1. The minimum Gasteiger partial charge on any atom is -0.484 e. The van der Waals surface area contributed by atoms with Crippen LogP contribution >= 0.6 is 11.6 Å². The van der Waals surface area contributed by atoms with E-state index in [-0.39, 0.29) is 57.9 Å². The molecule has 6 nitrogen and oxygen atoms in total. The third-order valence-electron chi connectivity index (χ3n) is 5.58. The van der Waals surface area contributed by atoms with Gasteiger partial charge in [-0.1, -0.05) is 11.6 Å². The quantitative estimate of drug-likeness (QED) is 0.575. The van der Waals surface area contributed by atoms with Crippen LogP contribution in [-0.2, 0) is 4.79 Å². The SMILES string of the molecule is O=C(COc1ccc(Cl)c(F)c1)NC12CC(CC(=O)c3cc(OC(F)F)ccn3)(C1)C2. The van der Waals surface area contributed by atoms with Crippen molar-refractivity contribution in [1.29, 1.82) is 0 Å². The predicted octanol–water partition coefficient (Wildman–Crippen LogP) is 4.17. The number of pyridine rings is 1. The van der Waals surface area contributed by atoms with Crippen molar-refractivity contribution in [2.24, 2.45) is 5.41 Å². The maximum atomic E-state index is 13.4. The fraction of sp³-hybridized carbons (Fsp3) is 0.381. The van der Waals surface area contributed by atoms with E-state index < -0.39 is 12.4 Å². The first kappa shape index (κ1) is 21.4. The number of hydrogen-bond acceptors (Lipinski definition) is 5. The summed E-state index contributed by atoms with van der Waals surface area (Å²) in [6.07, 6.45) is 3.39. The van der Waals surface area contributed by atoms with Crippen LogP contribution in [0.1, 0.15) is 36.2 Å². The van der Waals surface area contributed by atoms with Crippen LogP contribution in [0, 0.1) is 11.2 Å². The first-order valence-electron chi connectivity index (χ1n) is 9.51. The van der Waals surface area contributed by atoms with Gasteiger partial charge in [0.2, 0.25) is 0 Å². The third-order valence-corrected chi connectivity index (χ3v) is 5.89. The van der Waals surface area contributed by atoms with Crippen molar-refractivity contribution < 1.29 is 32.2 Å². The number of nitrogens with zero attached hydrogens (tertiary/aromatic N) is 1. The highest BCUT2D eigenvalue weighted by molar-refractivity contribution is 6.30. The topological polar surface area (TPSA) is 77.5 Å². The molecule has 0 radical (unpaired) electrons. The Hall–Kier alpha value is -2.81. The zero-order chi connectivity index (χ0) is 22.2. The van der Waals surface area contributed by atoms with E-state index in [4.69, 9.17) is 16.3 Å². The van der Waals surface area contributed by atoms with Gasteiger partial charge in [0.25, 0.3) is 5.91 Å². The Kier molecular flexibility index (Phi) is 5.55. The summed E-state index contributed by atoms with van der Waals surface area (Å²) in [6.45, 7) is -3.25. The van der Waals surface area contributed by atoms with Crippen molar-refractivity contribution in [3.63, 3.8) is 0 Å². The monoisotopic (exact) mass is 454 g/mol. The Labute approximate surface area is 180 Å². The number of ether oxygens (including phenoxy) is 2. The minimum atomic E-state index is -2.98. The van der Waals surface area contributed by atoms with E-state index in [1.165, 1.54) is 30.5 Å². The second-order valence-corrected chi connectivity index (χ2v) is 8.49. The van der Waals surface area contributed by atoms with Gasteiger partial charge in [0.15, 0.2) is 12.4 Å². The number of carbonyl (C=O) groups excluding carboxylic acids is 2. The smallest absolute Gasteiger partial charge is 0.387 e. The van der Waals surface area contributed by atoms with Gasteiger partial charge in [-0.15, -0.1) is 0 Å². The van der Waals surface area contributed by atoms with E-state index >= 15 is 0 Å². The first-order chi connectivity index (χ1) is 14.7. The lowest BCUT2D eigenvalue weighted by Crippen LogP contribution is -2.75. The number of alkyl halides is 2. The average Bonchev–Trinajstić information content (AvgIpc) is 2.66. The molecular weight excluding hydrogens is 437 g/mol. The van der Waals surface area contributed by atoms with E-state index in [0.717, 1.165) is 6.07 Å². The van der Waals surface area contributed by atoms with E-state index in [1.54, 1.807) is 0 Å². The van der Waals surface area contributed by atoms with Crippen molar-refractivity contribution in [3.8, 4) is 11.5 Å². The fourth-order valence-electron chi connectivity index (χ4n) is 4.54. The van der Waals surface area contributed by atoms with Gasteiger partial charge in [0, 0.05) is 30.3 Å². The summed E-state index contributed by atoms with van der Waals surface area (Å²) in [4.78, 5) is 28.6. The van der Waals surface area contributed by atoms with Crippen LogP contribution in [0.5, 0.6) is 11.5 Å². The largest absolute Gasteiger partial charge is 0.484 e. The molecule has 1 amide bonds. The zero-order valence-electron chi connectivity index (χ0n) is 16.2. The molecule has 164 valence electrons. The summed E-state index contributed by atoms with van der Waals surface area (Å²) in [5.41, 5.74) is -0.504. The van der Waals surface area contributed by atoms with Crippen molar-refractivity contribution in [1.82, 2.24) is 10.3 Å². The summed E-state index contributed by atoms with van der Waals surface area (Å²) in [7, 11) is 0. The van der Waals surface area contributed by atoms with Gasteiger partial charge in [0.05, 0.1) is 5.02 Å². The number of Topliss-reactive ketones (excluding diaryl/α,β-unsaturated/α-hetero) is 1. The van der Waals surface area contributed by atoms with E-state index in [1.807, 2.05) is 0 Å². The molecular formula is C21H18ClF3N2O4. The molecule has 0 spiro atoms. The van der Waals surface area contributed by atoms with Gasteiger partial charge in [-0.2, -0.15) is 8.78 Å². The molecule has 0 unspecified atom stereocenters. The van der Waals surface area contributed by atoms with E-state index in [9.17, 15) is 22.8 Å². The summed E-state index contributed by atoms with van der Waals surface area (Å²) >= 11 is 5.60. The molecule has 2 bridgehead atoms. The Bertz CT molecular complexity index is 1010. The number of rotatable bonds is 9. The number of amides is 1. The van der Waals surface area contributed by atoms with Crippen molar-refractivity contribution >= 4 is 23.3 Å². The molecule has 3 saturated carbocycles. The second kappa shape index (κ2) is 8.03. The van der Waals surface area contributed by atoms with Gasteiger partial charge >= 0.3 is 6.61 Å². The molecule has 31 heavy (non-hydrogen) atoms. The molecule has 1 aromatic heterocycles. The molecule has 1 heterocycles. The lowest BCUT2D eigenvalue weighted by Gasteiger charge is -2.70. The molecule has 1 N–H and O–H groups in total. The number of benzene rings is 1. The number of hydrogen-bond donors (Lipinski definition) is 1. The molecule has 2 aromatic rings. The van der Waals surface area contributed by atoms with Gasteiger partial charge in [-0.25, -0.2) is 4.39 Å². The number of carbonyl (C=O) groups is 2. The molecule has 0 saturated heterocycles. The fourth-order valence-corrected chi connectivity index (χ4v) is 4.65. The zero-order valence-corrected chi connectivity index (χ0v) is 16.9. The molecule has 3 aliphatic carbocycles. The highest BCUT2D eigenvalue weighted by Gasteiger charge is 2.68. The van der Waals surface area contributed by atoms with Crippen LogP contribution in [0.2, 0.25) is 5.02 Å². The summed E-state index contributed by atoms with van der Waals surface area (Å²) in [6, 6.07) is 6.38. The van der Waals surface area contributed by atoms with E-state index in [2.05, 4.69) is 15.0 Å². The number of halogens is 4. The maximum Gasteiger partial charge on any atom is 0.387 e. The van der Waals surface area contributed by atoms with Crippen LogP contribution in [0.15, 0.2) is 36.5 Å². The Balaban J connectivity index is 1.24. The van der Waals surface area contributed by atoms with E-state index in [0.29, 0.717) is 19.3 Å². The molecule has 1 aromatic carbocycles. The van der Waals surface area contributed by atoms with Crippen LogP contribution in [-0.4, -0.2) is 35.4 Å². The van der Waals surface area contributed by atoms with Gasteiger partial charge in [-0.05, 0) is 42.9 Å². The lowest BCUT2D eigenvalue weighted by molar-refractivity contribution is -0.164. The Morgan fingerprint density at radius 3 is 2.58 bits per heavy atom. The normalized spacial score (nSPS) is 23.5. The maximum absolute atomic E-state index is 13.4. The van der Waals surface area contributed by atoms with Crippen LogP contribution in [0.25, 0.3) is 0 Å². The Morgan fingerprint density at radius 2 is 1.90 bits per heavy atom. The minimum absolute atomic E-state index is 0.0333. The van der Waals surface area contributed by atoms with Crippen molar-refractivity contribution in [2.45, 2.75) is 37.8 Å². The van der Waals surface area contributed by atoms with Crippen LogP contribution in [0.4, 0.5) is 13.2 Å². The standard InChI is InChI=1S/C21H18ClF3N2O4/c22-14-2-1-12(5-15(14)23)30-8-18(29)27-21-9-20(10-21,11-21)7-17(28)16-6-13(3-4-26-16)31-19(24)25/h1-6,19H,7-11H2,(H,27,29). The van der Waals surface area contributed by atoms with Gasteiger partial charge in [-0.3, -0.25) is 14.6 Å². The first-order valence-corrected chi connectivity index (χ1v) is 9.88. The second-order valence-electron chi connectivity index (χ2n) is 8.08.